The zero-order valence-electron chi connectivity index (χ0n) is 15.0. The van der Waals surface area contributed by atoms with Gasteiger partial charge >= 0.3 is 11.9 Å². The van der Waals surface area contributed by atoms with Crippen LogP contribution in [-0.4, -0.2) is 29.9 Å². The number of hydrogen-bond acceptors (Lipinski definition) is 5. The van der Waals surface area contributed by atoms with Crippen LogP contribution in [0.3, 0.4) is 0 Å². The Hall–Kier alpha value is -2.17. The van der Waals surface area contributed by atoms with Gasteiger partial charge in [-0.15, -0.1) is 0 Å². The van der Waals surface area contributed by atoms with E-state index < -0.39 is 17.0 Å². The summed E-state index contributed by atoms with van der Waals surface area (Å²) in [6.07, 6.45) is 0.0692. The van der Waals surface area contributed by atoms with Gasteiger partial charge in [0, 0.05) is 5.41 Å². The van der Waals surface area contributed by atoms with Crippen LogP contribution in [0, 0.1) is 5.41 Å². The van der Waals surface area contributed by atoms with Gasteiger partial charge in [0.25, 0.3) is 0 Å². The molecule has 0 amide bonds. The summed E-state index contributed by atoms with van der Waals surface area (Å²) in [7, 11) is 0. The molecule has 0 spiro atoms. The van der Waals surface area contributed by atoms with Crippen molar-refractivity contribution < 1.29 is 19.1 Å². The molecule has 1 atom stereocenters. The van der Waals surface area contributed by atoms with Gasteiger partial charge in [-0.3, -0.25) is 9.79 Å². The molecule has 0 saturated heterocycles. The van der Waals surface area contributed by atoms with Crippen LogP contribution in [0.1, 0.15) is 52.6 Å². The monoisotopic (exact) mass is 331 g/mol. The molecule has 0 aromatic heterocycles. The van der Waals surface area contributed by atoms with Gasteiger partial charge in [0.05, 0.1) is 6.42 Å². The highest BCUT2D eigenvalue weighted by atomic mass is 16.6. The first-order chi connectivity index (χ1) is 11.1. The van der Waals surface area contributed by atoms with Crippen LogP contribution in [0.5, 0.6) is 0 Å². The number of ether oxygens (including phenoxy) is 2. The van der Waals surface area contributed by atoms with Gasteiger partial charge in [-0.1, -0.05) is 44.2 Å². The zero-order chi connectivity index (χ0) is 18.0. The molecule has 5 heteroatoms. The third-order valence-corrected chi connectivity index (χ3v) is 3.68. The largest absolute Gasteiger partial charge is 0.460 e. The Morgan fingerprint density at radius 3 is 2.42 bits per heavy atom. The summed E-state index contributed by atoms with van der Waals surface area (Å²) < 4.78 is 10.7. The number of benzene rings is 1. The molecule has 1 aliphatic rings. The highest BCUT2D eigenvalue weighted by Crippen LogP contribution is 2.31. The van der Waals surface area contributed by atoms with Gasteiger partial charge in [0.1, 0.15) is 24.0 Å². The fourth-order valence-electron chi connectivity index (χ4n) is 2.59. The second-order valence-electron chi connectivity index (χ2n) is 7.65. The second-order valence-corrected chi connectivity index (χ2v) is 7.65. The molecule has 2 rings (SSSR count). The Labute approximate surface area is 143 Å². The van der Waals surface area contributed by atoms with E-state index in [-0.39, 0.29) is 30.8 Å². The fourth-order valence-corrected chi connectivity index (χ4v) is 2.59. The molecule has 0 radical (unpaired) electrons. The van der Waals surface area contributed by atoms with Gasteiger partial charge in [-0.25, -0.2) is 4.79 Å². The quantitative estimate of drug-likeness (QED) is 0.792. The van der Waals surface area contributed by atoms with Crippen LogP contribution >= 0.6 is 0 Å². The van der Waals surface area contributed by atoms with Crippen molar-refractivity contribution in [3.05, 3.63) is 35.9 Å². The van der Waals surface area contributed by atoms with Crippen molar-refractivity contribution in [2.24, 2.45) is 10.4 Å². The van der Waals surface area contributed by atoms with Crippen LogP contribution in [0.15, 0.2) is 35.3 Å². The van der Waals surface area contributed by atoms with Crippen molar-refractivity contribution in [1.29, 1.82) is 0 Å². The topological polar surface area (TPSA) is 65.0 Å². The number of rotatable bonds is 4. The first-order valence-corrected chi connectivity index (χ1v) is 8.11. The van der Waals surface area contributed by atoms with Crippen LogP contribution in [0.2, 0.25) is 0 Å². The number of hydrogen-bond donors (Lipinski definition) is 0. The first kappa shape index (κ1) is 18.2. The van der Waals surface area contributed by atoms with E-state index in [4.69, 9.17) is 9.47 Å². The Morgan fingerprint density at radius 1 is 1.21 bits per heavy atom. The van der Waals surface area contributed by atoms with Crippen LogP contribution in [0.4, 0.5) is 0 Å². The van der Waals surface area contributed by atoms with Crippen molar-refractivity contribution in [3.8, 4) is 0 Å². The summed E-state index contributed by atoms with van der Waals surface area (Å²) in [5, 5.41) is 0. The molecule has 1 aromatic rings. The first-order valence-electron chi connectivity index (χ1n) is 8.11. The molecule has 1 aromatic carbocycles. The van der Waals surface area contributed by atoms with E-state index in [0.29, 0.717) is 0 Å². The normalized spacial score (nSPS) is 18.6. The van der Waals surface area contributed by atoms with Gasteiger partial charge < -0.3 is 9.47 Å². The van der Waals surface area contributed by atoms with E-state index in [2.05, 4.69) is 4.99 Å². The SMILES string of the molecule is CC(C)(C)OC(=O)CC(C)(C)C1=N[C@@H](c2ccccc2)COC1=O. The Balaban J connectivity index is 2.21. The van der Waals surface area contributed by atoms with E-state index in [9.17, 15) is 9.59 Å². The lowest BCUT2D eigenvalue weighted by atomic mass is 9.83. The van der Waals surface area contributed by atoms with Gasteiger partial charge in [0.2, 0.25) is 0 Å². The van der Waals surface area contributed by atoms with Crippen molar-refractivity contribution >= 4 is 17.7 Å². The molecule has 1 aliphatic heterocycles. The Kier molecular flexibility index (Phi) is 5.11. The molecule has 1 heterocycles. The summed E-state index contributed by atoms with van der Waals surface area (Å²) >= 11 is 0. The summed E-state index contributed by atoms with van der Waals surface area (Å²) in [5.74, 6) is -0.819. The van der Waals surface area contributed by atoms with Crippen molar-refractivity contribution in [3.63, 3.8) is 0 Å². The smallest absolute Gasteiger partial charge is 0.352 e. The number of aliphatic imine (C=N–C) groups is 1. The third kappa shape index (κ3) is 4.66. The molecule has 5 nitrogen and oxygen atoms in total. The maximum Gasteiger partial charge on any atom is 0.352 e. The third-order valence-electron chi connectivity index (χ3n) is 3.68. The predicted molar refractivity (Wildman–Crippen MR) is 91.8 cm³/mol. The molecule has 0 fully saturated rings. The van der Waals surface area contributed by atoms with Crippen LogP contribution in [-0.2, 0) is 19.1 Å². The molecule has 0 unspecified atom stereocenters. The second kappa shape index (κ2) is 6.75. The summed E-state index contributed by atoms with van der Waals surface area (Å²) in [4.78, 5) is 28.9. The van der Waals surface area contributed by atoms with Crippen molar-refractivity contribution in [1.82, 2.24) is 0 Å². The van der Waals surface area contributed by atoms with Crippen molar-refractivity contribution in [2.45, 2.75) is 52.7 Å². The van der Waals surface area contributed by atoms with Crippen LogP contribution < -0.4 is 0 Å². The molecular weight excluding hydrogens is 306 g/mol. The number of esters is 2. The van der Waals surface area contributed by atoms with E-state index in [1.165, 1.54) is 0 Å². The lowest BCUT2D eigenvalue weighted by molar-refractivity contribution is -0.156. The molecule has 0 aliphatic carbocycles. The van der Waals surface area contributed by atoms with Gasteiger partial charge in [-0.2, -0.15) is 0 Å². The molecule has 24 heavy (non-hydrogen) atoms. The average molecular weight is 331 g/mol. The summed E-state index contributed by atoms with van der Waals surface area (Å²) in [6, 6.07) is 9.43. The average Bonchev–Trinajstić information content (AvgIpc) is 2.45. The standard InChI is InChI=1S/C19H25NO4/c1-18(2,3)24-15(21)11-19(4,5)16-17(22)23-12-14(20-16)13-9-7-6-8-10-13/h6-10,14H,11-12H2,1-5H3/t14-/m1/s1. The molecule has 0 saturated carbocycles. The number of cyclic esters (lactones) is 1. The number of carbonyl (C=O) groups excluding carboxylic acids is 2. The highest BCUT2D eigenvalue weighted by Gasteiger charge is 2.38. The van der Waals surface area contributed by atoms with E-state index in [1.54, 1.807) is 0 Å². The summed E-state index contributed by atoms with van der Waals surface area (Å²) in [5.41, 5.74) is -0.0503. The summed E-state index contributed by atoms with van der Waals surface area (Å²) in [6.45, 7) is 9.28. The number of carbonyl (C=O) groups is 2. The predicted octanol–water partition coefficient (Wildman–Crippen LogP) is 3.48. The minimum absolute atomic E-state index is 0.0692. The van der Waals surface area contributed by atoms with E-state index in [0.717, 1.165) is 5.56 Å². The molecule has 0 bridgehead atoms. The highest BCUT2D eigenvalue weighted by molar-refractivity contribution is 6.39. The minimum atomic E-state index is -0.757. The fraction of sp³-hybridized carbons (Fsp3) is 0.526. The minimum Gasteiger partial charge on any atom is -0.460 e. The van der Waals surface area contributed by atoms with E-state index in [1.807, 2.05) is 65.0 Å². The Bertz CT molecular complexity index is 641. The molecule has 130 valence electrons. The maximum absolute atomic E-state index is 12.2. The van der Waals surface area contributed by atoms with Gasteiger partial charge in [0.15, 0.2) is 0 Å². The lowest BCUT2D eigenvalue weighted by Crippen LogP contribution is -2.40. The van der Waals surface area contributed by atoms with Crippen LogP contribution in [0.25, 0.3) is 0 Å². The van der Waals surface area contributed by atoms with E-state index >= 15 is 0 Å². The molecule has 0 N–H and O–H groups in total. The maximum atomic E-state index is 12.2. The Morgan fingerprint density at radius 2 is 1.83 bits per heavy atom. The molecular formula is C19H25NO4. The lowest BCUT2D eigenvalue weighted by Gasteiger charge is -2.30. The van der Waals surface area contributed by atoms with Gasteiger partial charge in [-0.05, 0) is 26.3 Å². The van der Waals surface area contributed by atoms with Crippen molar-refractivity contribution in [2.75, 3.05) is 6.61 Å². The number of nitrogens with zero attached hydrogens (tertiary/aromatic N) is 1. The zero-order valence-corrected chi connectivity index (χ0v) is 15.0.